The summed E-state index contributed by atoms with van der Waals surface area (Å²) in [6.45, 7) is 0. The lowest BCUT2D eigenvalue weighted by Gasteiger charge is -2.12. The highest BCUT2D eigenvalue weighted by Crippen LogP contribution is 2.36. The van der Waals surface area contributed by atoms with Gasteiger partial charge in [-0.25, -0.2) is 0 Å². The maximum absolute atomic E-state index is 12.7. The molecule has 0 radical (unpaired) electrons. The number of nitrogen functional groups attached to an aromatic ring is 1. The lowest BCUT2D eigenvalue weighted by atomic mass is 10.1. The van der Waals surface area contributed by atoms with E-state index in [1.54, 1.807) is 0 Å². The molecule has 0 fully saturated rings. The molecule has 0 aliphatic heterocycles. The van der Waals surface area contributed by atoms with Crippen LogP contribution < -0.4 is 5.73 Å². The third-order valence-corrected chi connectivity index (χ3v) is 4.18. The van der Waals surface area contributed by atoms with Crippen molar-refractivity contribution in [2.45, 2.75) is 16.0 Å². The van der Waals surface area contributed by atoms with Gasteiger partial charge in [-0.15, -0.1) is 0 Å². The summed E-state index contributed by atoms with van der Waals surface area (Å²) in [5, 5.41) is 7.47. The standard InChI is InChI=1S/C14H10BrF3N2S/c15-9-2-1-3-10(7-9)21-12-5-4-8(14(16,17)18)6-11(12)13(19)20/h1-7H,(H3,19,20). The van der Waals surface area contributed by atoms with Crippen LogP contribution in [0.4, 0.5) is 13.2 Å². The van der Waals surface area contributed by atoms with E-state index in [4.69, 9.17) is 11.1 Å². The van der Waals surface area contributed by atoms with E-state index in [2.05, 4.69) is 15.9 Å². The van der Waals surface area contributed by atoms with Crippen LogP contribution >= 0.6 is 27.7 Å². The van der Waals surface area contributed by atoms with Crippen LogP contribution in [-0.4, -0.2) is 5.84 Å². The topological polar surface area (TPSA) is 49.9 Å². The first kappa shape index (κ1) is 15.9. The molecule has 0 amide bonds. The molecule has 3 N–H and O–H groups in total. The summed E-state index contributed by atoms with van der Waals surface area (Å²) in [6, 6.07) is 10.6. The summed E-state index contributed by atoms with van der Waals surface area (Å²) >= 11 is 4.59. The van der Waals surface area contributed by atoms with Gasteiger partial charge >= 0.3 is 6.18 Å². The number of hydrogen-bond acceptors (Lipinski definition) is 2. The fraction of sp³-hybridized carbons (Fsp3) is 0.0714. The molecule has 2 nitrogen and oxygen atoms in total. The smallest absolute Gasteiger partial charge is 0.384 e. The predicted octanol–water partition coefficient (Wildman–Crippen LogP) is 4.90. The number of benzene rings is 2. The first-order valence-electron chi connectivity index (χ1n) is 5.76. The average molecular weight is 375 g/mol. The van der Waals surface area contributed by atoms with Gasteiger partial charge in [0.1, 0.15) is 5.84 Å². The number of alkyl halides is 3. The highest BCUT2D eigenvalue weighted by atomic mass is 79.9. The van der Waals surface area contributed by atoms with Crippen molar-refractivity contribution in [3.05, 3.63) is 58.1 Å². The minimum atomic E-state index is -4.46. The number of nitrogens with two attached hydrogens (primary N) is 1. The van der Waals surface area contributed by atoms with Crippen LogP contribution in [0.5, 0.6) is 0 Å². The molecule has 0 bridgehead atoms. The van der Waals surface area contributed by atoms with Crippen molar-refractivity contribution < 1.29 is 13.2 Å². The average Bonchev–Trinajstić information content (AvgIpc) is 2.37. The zero-order chi connectivity index (χ0) is 15.6. The normalized spacial score (nSPS) is 11.4. The molecule has 21 heavy (non-hydrogen) atoms. The van der Waals surface area contributed by atoms with Crippen molar-refractivity contribution in [1.29, 1.82) is 5.41 Å². The van der Waals surface area contributed by atoms with Gasteiger partial charge in [0.25, 0.3) is 0 Å². The molecule has 2 aromatic carbocycles. The minimum Gasteiger partial charge on any atom is -0.384 e. The van der Waals surface area contributed by atoms with E-state index in [0.717, 1.165) is 21.5 Å². The molecule has 110 valence electrons. The Morgan fingerprint density at radius 1 is 1.14 bits per heavy atom. The van der Waals surface area contributed by atoms with Crippen molar-refractivity contribution in [2.75, 3.05) is 0 Å². The second kappa shape index (κ2) is 6.11. The molecule has 0 unspecified atom stereocenters. The van der Waals surface area contributed by atoms with Crippen LogP contribution in [0.15, 0.2) is 56.7 Å². The molecule has 0 aromatic heterocycles. The van der Waals surface area contributed by atoms with E-state index in [9.17, 15) is 13.2 Å². The van der Waals surface area contributed by atoms with Gasteiger partial charge in [-0.3, -0.25) is 5.41 Å². The Morgan fingerprint density at radius 2 is 1.86 bits per heavy atom. The Balaban J connectivity index is 2.42. The second-order valence-corrected chi connectivity index (χ2v) is 6.21. The van der Waals surface area contributed by atoms with E-state index in [1.807, 2.05) is 24.3 Å². The molecule has 2 rings (SSSR count). The van der Waals surface area contributed by atoms with Crippen molar-refractivity contribution in [3.8, 4) is 0 Å². The van der Waals surface area contributed by atoms with Crippen molar-refractivity contribution in [2.24, 2.45) is 5.73 Å². The molecule has 7 heteroatoms. The Morgan fingerprint density at radius 3 is 2.43 bits per heavy atom. The fourth-order valence-electron chi connectivity index (χ4n) is 1.66. The van der Waals surface area contributed by atoms with Crippen LogP contribution in [-0.2, 0) is 6.18 Å². The first-order valence-corrected chi connectivity index (χ1v) is 7.37. The van der Waals surface area contributed by atoms with Crippen molar-refractivity contribution in [1.82, 2.24) is 0 Å². The predicted molar refractivity (Wildman–Crippen MR) is 80.7 cm³/mol. The SMILES string of the molecule is N=C(N)c1cc(C(F)(F)F)ccc1Sc1cccc(Br)c1. The summed E-state index contributed by atoms with van der Waals surface area (Å²) in [4.78, 5) is 1.35. The second-order valence-electron chi connectivity index (χ2n) is 4.18. The summed E-state index contributed by atoms with van der Waals surface area (Å²) in [5.74, 6) is -0.390. The number of hydrogen-bond donors (Lipinski definition) is 2. The molecule has 0 aliphatic rings. The zero-order valence-electron chi connectivity index (χ0n) is 10.5. The van der Waals surface area contributed by atoms with Gasteiger partial charge in [-0.1, -0.05) is 33.8 Å². The van der Waals surface area contributed by atoms with E-state index in [0.29, 0.717) is 4.90 Å². The third-order valence-electron chi connectivity index (χ3n) is 2.62. The molecule has 0 atom stereocenters. The van der Waals surface area contributed by atoms with E-state index >= 15 is 0 Å². The Hall–Kier alpha value is -1.47. The fourth-order valence-corrected chi connectivity index (χ4v) is 3.22. The summed E-state index contributed by atoms with van der Waals surface area (Å²) < 4.78 is 39.0. The maximum atomic E-state index is 12.7. The monoisotopic (exact) mass is 374 g/mol. The largest absolute Gasteiger partial charge is 0.416 e. The molecular formula is C14H10BrF3N2S. The molecular weight excluding hydrogens is 365 g/mol. The van der Waals surface area contributed by atoms with Gasteiger partial charge in [0.2, 0.25) is 0 Å². The van der Waals surface area contributed by atoms with Gasteiger partial charge in [0.05, 0.1) is 5.56 Å². The van der Waals surface area contributed by atoms with Crippen LogP contribution in [0, 0.1) is 5.41 Å². The van der Waals surface area contributed by atoms with E-state index < -0.39 is 17.6 Å². The van der Waals surface area contributed by atoms with Crippen molar-refractivity contribution >= 4 is 33.5 Å². The third kappa shape index (κ3) is 4.01. The van der Waals surface area contributed by atoms with Crippen molar-refractivity contribution in [3.63, 3.8) is 0 Å². The van der Waals surface area contributed by atoms with E-state index in [-0.39, 0.29) is 5.56 Å². The molecule has 0 saturated carbocycles. The lowest BCUT2D eigenvalue weighted by molar-refractivity contribution is -0.137. The molecule has 0 heterocycles. The zero-order valence-corrected chi connectivity index (χ0v) is 12.9. The van der Waals surface area contributed by atoms with E-state index in [1.165, 1.54) is 17.8 Å². The lowest BCUT2D eigenvalue weighted by Crippen LogP contribution is -2.14. The minimum absolute atomic E-state index is 0.0785. The van der Waals surface area contributed by atoms with Crippen LogP contribution in [0.25, 0.3) is 0 Å². The Bertz CT molecular complexity index is 686. The highest BCUT2D eigenvalue weighted by Gasteiger charge is 2.31. The number of nitrogens with one attached hydrogen (secondary N) is 1. The van der Waals surface area contributed by atoms with Gasteiger partial charge in [0, 0.05) is 19.8 Å². The summed E-state index contributed by atoms with van der Waals surface area (Å²) in [7, 11) is 0. The summed E-state index contributed by atoms with van der Waals surface area (Å²) in [5.41, 5.74) is 4.67. The number of amidine groups is 1. The maximum Gasteiger partial charge on any atom is 0.416 e. The van der Waals surface area contributed by atoms with Gasteiger partial charge < -0.3 is 5.73 Å². The first-order chi connectivity index (χ1) is 9.77. The Kier molecular flexibility index (Phi) is 4.63. The van der Waals surface area contributed by atoms with Crippen LogP contribution in [0.3, 0.4) is 0 Å². The quantitative estimate of drug-likeness (QED) is 0.592. The van der Waals surface area contributed by atoms with Crippen LogP contribution in [0.1, 0.15) is 11.1 Å². The number of halogens is 4. The number of rotatable bonds is 3. The summed E-state index contributed by atoms with van der Waals surface area (Å²) in [6.07, 6.45) is -4.46. The molecule has 0 aliphatic carbocycles. The Labute approximate surface area is 132 Å². The van der Waals surface area contributed by atoms with Gasteiger partial charge in [-0.2, -0.15) is 13.2 Å². The molecule has 0 saturated heterocycles. The van der Waals surface area contributed by atoms with Crippen LogP contribution in [0.2, 0.25) is 0 Å². The van der Waals surface area contributed by atoms with Gasteiger partial charge in [-0.05, 0) is 36.4 Å². The highest BCUT2D eigenvalue weighted by molar-refractivity contribution is 9.10. The molecule has 0 spiro atoms. The van der Waals surface area contributed by atoms with Gasteiger partial charge in [0.15, 0.2) is 0 Å². The molecule has 2 aromatic rings.